The molecule has 1 aromatic heterocycles. The number of rotatable bonds is 3. The fourth-order valence-corrected chi connectivity index (χ4v) is 4.80. The number of hydrogen-bond acceptors (Lipinski definition) is 3. The number of carbonyl (C=O) groups is 1. The molecule has 0 radical (unpaired) electrons. The second-order valence-corrected chi connectivity index (χ2v) is 8.07. The van der Waals surface area contributed by atoms with Crippen LogP contribution in [0.1, 0.15) is 42.7 Å². The van der Waals surface area contributed by atoms with Gasteiger partial charge in [0.1, 0.15) is 5.69 Å². The summed E-state index contributed by atoms with van der Waals surface area (Å²) in [5, 5.41) is 2.90. The molecule has 1 N–H and O–H groups in total. The SMILES string of the molecule is CC1(NC(=O)c2cccn2C2CC2)CCS(=O)(=O)C1. The summed E-state index contributed by atoms with van der Waals surface area (Å²) in [5.41, 5.74) is 0.00204. The Bertz CT molecular complexity index is 616. The number of nitrogens with zero attached hydrogens (tertiary/aromatic N) is 1. The predicted octanol–water partition coefficient (Wildman–Crippen LogP) is 1.13. The zero-order valence-electron chi connectivity index (χ0n) is 10.9. The van der Waals surface area contributed by atoms with Crippen LogP contribution in [0.2, 0.25) is 0 Å². The Balaban J connectivity index is 1.76. The fraction of sp³-hybridized carbons (Fsp3) is 0.615. The van der Waals surface area contributed by atoms with E-state index >= 15 is 0 Å². The second kappa shape index (κ2) is 4.10. The van der Waals surface area contributed by atoms with E-state index in [2.05, 4.69) is 5.32 Å². The summed E-state index contributed by atoms with van der Waals surface area (Å²) in [7, 11) is -3.00. The molecule has 1 atom stereocenters. The average molecular weight is 282 g/mol. The molecule has 1 aliphatic heterocycles. The smallest absolute Gasteiger partial charge is 0.268 e. The maximum Gasteiger partial charge on any atom is 0.268 e. The topological polar surface area (TPSA) is 68.2 Å². The molecule has 1 saturated heterocycles. The van der Waals surface area contributed by atoms with Crippen LogP contribution in [-0.4, -0.2) is 35.9 Å². The van der Waals surface area contributed by atoms with E-state index in [0.717, 1.165) is 12.8 Å². The highest BCUT2D eigenvalue weighted by Gasteiger charge is 2.40. The fourth-order valence-electron chi connectivity index (χ4n) is 2.70. The van der Waals surface area contributed by atoms with Gasteiger partial charge in [0, 0.05) is 12.2 Å². The maximum atomic E-state index is 12.3. The standard InChI is InChI=1S/C13H18N2O3S/c1-13(6-8-19(17,18)9-13)14-12(16)11-3-2-7-15(11)10-4-5-10/h2-3,7,10H,4-6,8-9H2,1H3,(H,14,16). The minimum atomic E-state index is -3.00. The van der Waals surface area contributed by atoms with Gasteiger partial charge in [-0.15, -0.1) is 0 Å². The molecule has 3 rings (SSSR count). The van der Waals surface area contributed by atoms with Crippen molar-refractivity contribution in [3.8, 4) is 0 Å². The molecule has 0 bridgehead atoms. The van der Waals surface area contributed by atoms with E-state index in [4.69, 9.17) is 0 Å². The molecule has 19 heavy (non-hydrogen) atoms. The lowest BCUT2D eigenvalue weighted by Crippen LogP contribution is -2.47. The summed E-state index contributed by atoms with van der Waals surface area (Å²) >= 11 is 0. The molecule has 2 fully saturated rings. The Morgan fingerprint density at radius 1 is 1.47 bits per heavy atom. The van der Waals surface area contributed by atoms with Gasteiger partial charge in [0.25, 0.3) is 5.91 Å². The van der Waals surface area contributed by atoms with Gasteiger partial charge < -0.3 is 9.88 Å². The highest BCUT2D eigenvalue weighted by Crippen LogP contribution is 2.36. The largest absolute Gasteiger partial charge is 0.345 e. The minimum absolute atomic E-state index is 0.0376. The van der Waals surface area contributed by atoms with E-state index in [0.29, 0.717) is 18.2 Å². The normalized spacial score (nSPS) is 29.3. The summed E-state index contributed by atoms with van der Waals surface area (Å²) < 4.78 is 25.1. The quantitative estimate of drug-likeness (QED) is 0.903. The van der Waals surface area contributed by atoms with Crippen LogP contribution in [0.4, 0.5) is 0 Å². The van der Waals surface area contributed by atoms with Crippen LogP contribution in [0.3, 0.4) is 0 Å². The third-order valence-corrected chi connectivity index (χ3v) is 5.77. The number of hydrogen-bond donors (Lipinski definition) is 1. The van der Waals surface area contributed by atoms with Crippen LogP contribution >= 0.6 is 0 Å². The molecular formula is C13H18N2O3S. The van der Waals surface area contributed by atoms with Crippen molar-refractivity contribution in [1.29, 1.82) is 0 Å². The maximum absolute atomic E-state index is 12.3. The first-order valence-corrected chi connectivity index (χ1v) is 8.41. The molecule has 1 amide bonds. The van der Waals surface area contributed by atoms with E-state index in [1.54, 1.807) is 13.0 Å². The molecular weight excluding hydrogens is 264 g/mol. The minimum Gasteiger partial charge on any atom is -0.345 e. The Hall–Kier alpha value is -1.30. The van der Waals surface area contributed by atoms with Crippen molar-refractivity contribution in [2.24, 2.45) is 0 Å². The molecule has 0 aromatic carbocycles. The molecule has 104 valence electrons. The Kier molecular flexibility index (Phi) is 2.74. The first-order chi connectivity index (χ1) is 8.89. The van der Waals surface area contributed by atoms with Crippen molar-refractivity contribution in [3.63, 3.8) is 0 Å². The summed E-state index contributed by atoms with van der Waals surface area (Å²) in [6.45, 7) is 1.81. The highest BCUT2D eigenvalue weighted by atomic mass is 32.2. The number of aromatic nitrogens is 1. The molecule has 1 aromatic rings. The number of sulfone groups is 1. The van der Waals surface area contributed by atoms with Crippen molar-refractivity contribution in [2.45, 2.75) is 37.8 Å². The zero-order valence-corrected chi connectivity index (χ0v) is 11.7. The molecule has 1 saturated carbocycles. The van der Waals surface area contributed by atoms with E-state index in [1.807, 2.05) is 16.8 Å². The van der Waals surface area contributed by atoms with Crippen molar-refractivity contribution in [2.75, 3.05) is 11.5 Å². The predicted molar refractivity (Wildman–Crippen MR) is 71.8 cm³/mol. The van der Waals surface area contributed by atoms with Crippen LogP contribution in [-0.2, 0) is 9.84 Å². The van der Waals surface area contributed by atoms with Crippen molar-refractivity contribution < 1.29 is 13.2 Å². The Morgan fingerprint density at radius 2 is 2.21 bits per heavy atom. The lowest BCUT2D eigenvalue weighted by molar-refractivity contribution is 0.0905. The van der Waals surface area contributed by atoms with Crippen LogP contribution in [0.15, 0.2) is 18.3 Å². The second-order valence-electron chi connectivity index (χ2n) is 5.89. The van der Waals surface area contributed by atoms with Crippen LogP contribution < -0.4 is 5.32 Å². The van der Waals surface area contributed by atoms with Gasteiger partial charge in [-0.1, -0.05) is 0 Å². The number of nitrogens with one attached hydrogen (secondary N) is 1. The van der Waals surface area contributed by atoms with Gasteiger partial charge in [-0.05, 0) is 38.3 Å². The van der Waals surface area contributed by atoms with Gasteiger partial charge in [0.05, 0.1) is 17.0 Å². The third-order valence-electron chi connectivity index (χ3n) is 3.87. The van der Waals surface area contributed by atoms with Crippen molar-refractivity contribution >= 4 is 15.7 Å². The van der Waals surface area contributed by atoms with Gasteiger partial charge in [-0.25, -0.2) is 8.42 Å². The summed E-state index contributed by atoms with van der Waals surface area (Å²) in [4.78, 5) is 12.3. The van der Waals surface area contributed by atoms with Gasteiger partial charge in [-0.3, -0.25) is 4.79 Å². The molecule has 1 aliphatic carbocycles. The van der Waals surface area contributed by atoms with Crippen LogP contribution in [0.5, 0.6) is 0 Å². The average Bonchev–Trinajstić information content (AvgIpc) is 2.96. The van der Waals surface area contributed by atoms with E-state index in [9.17, 15) is 13.2 Å². The molecule has 2 heterocycles. The summed E-state index contributed by atoms with van der Waals surface area (Å²) in [5.74, 6) is 0.0278. The lowest BCUT2D eigenvalue weighted by atomic mass is 10.0. The Morgan fingerprint density at radius 3 is 2.79 bits per heavy atom. The van der Waals surface area contributed by atoms with Gasteiger partial charge >= 0.3 is 0 Å². The molecule has 2 aliphatic rings. The molecule has 1 unspecified atom stereocenters. The van der Waals surface area contributed by atoms with E-state index in [-0.39, 0.29) is 17.4 Å². The first-order valence-electron chi connectivity index (χ1n) is 6.58. The van der Waals surface area contributed by atoms with Gasteiger partial charge in [0.15, 0.2) is 9.84 Å². The van der Waals surface area contributed by atoms with Crippen LogP contribution in [0.25, 0.3) is 0 Å². The van der Waals surface area contributed by atoms with Crippen LogP contribution in [0, 0.1) is 0 Å². The number of carbonyl (C=O) groups excluding carboxylic acids is 1. The highest BCUT2D eigenvalue weighted by molar-refractivity contribution is 7.91. The molecule has 6 heteroatoms. The third kappa shape index (κ3) is 2.54. The zero-order chi connectivity index (χ0) is 13.7. The number of amides is 1. The summed E-state index contributed by atoms with van der Waals surface area (Å²) in [6.07, 6.45) is 4.63. The first kappa shape index (κ1) is 12.7. The van der Waals surface area contributed by atoms with Crippen molar-refractivity contribution in [3.05, 3.63) is 24.0 Å². The van der Waals surface area contributed by atoms with E-state index in [1.165, 1.54) is 0 Å². The Labute approximate surface area is 112 Å². The monoisotopic (exact) mass is 282 g/mol. The van der Waals surface area contributed by atoms with Gasteiger partial charge in [0.2, 0.25) is 0 Å². The molecule has 5 nitrogen and oxygen atoms in total. The molecule has 0 spiro atoms. The van der Waals surface area contributed by atoms with Crippen molar-refractivity contribution in [1.82, 2.24) is 9.88 Å². The van der Waals surface area contributed by atoms with Gasteiger partial charge in [-0.2, -0.15) is 0 Å². The van der Waals surface area contributed by atoms with E-state index < -0.39 is 15.4 Å². The summed E-state index contributed by atoms with van der Waals surface area (Å²) in [6, 6.07) is 4.09. The lowest BCUT2D eigenvalue weighted by Gasteiger charge is -2.24.